The lowest BCUT2D eigenvalue weighted by Gasteiger charge is -2.41. The Morgan fingerprint density at radius 2 is 2.12 bits per heavy atom. The molecule has 0 aliphatic heterocycles. The second-order valence-electron chi connectivity index (χ2n) is 5.56. The van der Waals surface area contributed by atoms with Gasteiger partial charge in [-0.2, -0.15) is 0 Å². The van der Waals surface area contributed by atoms with E-state index in [1.165, 1.54) is 32.2 Å². The molecule has 3 heteroatoms. The molecule has 0 aromatic carbocycles. The van der Waals surface area contributed by atoms with E-state index in [0.717, 1.165) is 6.04 Å². The molecule has 1 aliphatic rings. The van der Waals surface area contributed by atoms with Gasteiger partial charge in [-0.1, -0.05) is 6.07 Å². The van der Waals surface area contributed by atoms with E-state index in [1.807, 2.05) is 11.3 Å². The summed E-state index contributed by atoms with van der Waals surface area (Å²) in [7, 11) is 6.48. The van der Waals surface area contributed by atoms with Crippen molar-refractivity contribution < 1.29 is 0 Å². The molecule has 17 heavy (non-hydrogen) atoms. The second kappa shape index (κ2) is 5.51. The number of thiophene rings is 1. The Morgan fingerprint density at radius 1 is 1.41 bits per heavy atom. The maximum absolute atomic E-state index is 3.43. The van der Waals surface area contributed by atoms with Crippen LogP contribution in [0.3, 0.4) is 0 Å². The highest BCUT2D eigenvalue weighted by molar-refractivity contribution is 7.10. The molecule has 1 saturated carbocycles. The molecule has 1 aromatic rings. The van der Waals surface area contributed by atoms with Crippen molar-refractivity contribution in [3.8, 4) is 0 Å². The summed E-state index contributed by atoms with van der Waals surface area (Å²) >= 11 is 1.93. The Balaban J connectivity index is 2.15. The molecule has 0 spiro atoms. The van der Waals surface area contributed by atoms with Gasteiger partial charge in [-0.25, -0.2) is 0 Å². The topological polar surface area (TPSA) is 15.3 Å². The van der Waals surface area contributed by atoms with E-state index in [1.54, 1.807) is 4.88 Å². The van der Waals surface area contributed by atoms with Crippen molar-refractivity contribution in [1.82, 2.24) is 10.2 Å². The summed E-state index contributed by atoms with van der Waals surface area (Å²) in [5.74, 6) is 0. The Bertz CT molecular complexity index is 324. The van der Waals surface area contributed by atoms with Gasteiger partial charge in [-0.15, -0.1) is 11.3 Å². The third-order valence-electron chi connectivity index (χ3n) is 4.01. The molecule has 1 aliphatic carbocycles. The molecule has 2 rings (SSSR count). The van der Waals surface area contributed by atoms with Gasteiger partial charge in [0.1, 0.15) is 0 Å². The van der Waals surface area contributed by atoms with Gasteiger partial charge in [-0.05, 0) is 58.3 Å². The quantitative estimate of drug-likeness (QED) is 0.886. The van der Waals surface area contributed by atoms with Crippen LogP contribution in [0, 0.1) is 0 Å². The van der Waals surface area contributed by atoms with Crippen LogP contribution in [-0.4, -0.2) is 38.6 Å². The zero-order valence-corrected chi connectivity index (χ0v) is 12.0. The average Bonchev–Trinajstić information content (AvgIpc) is 2.83. The van der Waals surface area contributed by atoms with Gasteiger partial charge in [0.2, 0.25) is 0 Å². The molecule has 0 radical (unpaired) electrons. The van der Waals surface area contributed by atoms with Crippen molar-refractivity contribution in [3.63, 3.8) is 0 Å². The van der Waals surface area contributed by atoms with E-state index in [2.05, 4.69) is 48.9 Å². The van der Waals surface area contributed by atoms with Gasteiger partial charge in [-0.3, -0.25) is 0 Å². The summed E-state index contributed by atoms with van der Waals surface area (Å²) in [4.78, 5) is 3.93. The van der Waals surface area contributed by atoms with E-state index in [-0.39, 0.29) is 0 Å². The molecule has 0 amide bonds. The Hall–Kier alpha value is -0.380. The highest BCUT2D eigenvalue weighted by atomic mass is 32.1. The minimum atomic E-state index is 0.408. The molecule has 1 N–H and O–H groups in total. The van der Waals surface area contributed by atoms with Crippen LogP contribution < -0.4 is 5.32 Å². The number of nitrogens with zero attached hydrogens (tertiary/aromatic N) is 1. The van der Waals surface area contributed by atoms with E-state index in [4.69, 9.17) is 0 Å². The van der Waals surface area contributed by atoms with Gasteiger partial charge in [0, 0.05) is 22.9 Å². The number of nitrogens with one attached hydrogen (secondary N) is 1. The maximum Gasteiger partial charge on any atom is 0.0175 e. The average molecular weight is 252 g/mol. The molecule has 0 bridgehead atoms. The fraction of sp³-hybridized carbons (Fsp3) is 0.714. The fourth-order valence-electron chi connectivity index (χ4n) is 3.13. The van der Waals surface area contributed by atoms with Crippen molar-refractivity contribution in [2.24, 2.45) is 0 Å². The number of rotatable bonds is 4. The van der Waals surface area contributed by atoms with Crippen molar-refractivity contribution in [2.45, 2.75) is 37.1 Å². The zero-order chi connectivity index (χ0) is 12.3. The molecule has 0 unspecified atom stereocenters. The highest BCUT2D eigenvalue weighted by Crippen LogP contribution is 2.41. The lowest BCUT2D eigenvalue weighted by molar-refractivity contribution is 0.198. The first-order valence-corrected chi connectivity index (χ1v) is 7.40. The monoisotopic (exact) mass is 252 g/mol. The van der Waals surface area contributed by atoms with Crippen LogP contribution in [0.25, 0.3) is 0 Å². The first kappa shape index (κ1) is 13.1. The Morgan fingerprint density at radius 3 is 2.59 bits per heavy atom. The summed E-state index contributed by atoms with van der Waals surface area (Å²) in [6, 6.07) is 5.25. The predicted molar refractivity (Wildman–Crippen MR) is 75.9 cm³/mol. The SMILES string of the molecule is CNC1CCC(CN(C)C)(c2cccs2)CC1. The third-order valence-corrected chi connectivity index (χ3v) is 5.13. The van der Waals surface area contributed by atoms with Crippen LogP contribution in [0.4, 0.5) is 0 Å². The largest absolute Gasteiger partial charge is 0.317 e. The number of hydrogen-bond donors (Lipinski definition) is 1. The molecule has 0 saturated heterocycles. The Kier molecular flexibility index (Phi) is 4.23. The normalized spacial score (nSPS) is 29.8. The maximum atomic E-state index is 3.43. The summed E-state index contributed by atoms with van der Waals surface area (Å²) in [5, 5.41) is 5.65. The predicted octanol–water partition coefficient (Wildman–Crippen LogP) is 2.71. The van der Waals surface area contributed by atoms with Gasteiger partial charge < -0.3 is 10.2 Å². The highest BCUT2D eigenvalue weighted by Gasteiger charge is 2.37. The molecular weight excluding hydrogens is 228 g/mol. The standard InChI is InChI=1S/C14H24N2S/c1-15-12-6-8-14(9-7-12,11-16(2)3)13-5-4-10-17-13/h4-5,10,12,15H,6-9,11H2,1-3H3. The first-order valence-electron chi connectivity index (χ1n) is 6.52. The van der Waals surface area contributed by atoms with E-state index in [9.17, 15) is 0 Å². The van der Waals surface area contributed by atoms with E-state index >= 15 is 0 Å². The van der Waals surface area contributed by atoms with E-state index in [0.29, 0.717) is 5.41 Å². The van der Waals surface area contributed by atoms with Crippen LogP contribution in [0.2, 0.25) is 0 Å². The Labute approximate surface area is 109 Å². The molecular formula is C14H24N2S. The van der Waals surface area contributed by atoms with Crippen LogP contribution in [0.1, 0.15) is 30.6 Å². The minimum absolute atomic E-state index is 0.408. The number of likely N-dealkylation sites (N-methyl/N-ethyl adjacent to an activating group) is 1. The van der Waals surface area contributed by atoms with Gasteiger partial charge in [0.15, 0.2) is 0 Å². The van der Waals surface area contributed by atoms with Crippen LogP contribution >= 0.6 is 11.3 Å². The second-order valence-corrected chi connectivity index (χ2v) is 6.51. The number of hydrogen-bond acceptors (Lipinski definition) is 3. The van der Waals surface area contributed by atoms with E-state index < -0.39 is 0 Å². The molecule has 0 atom stereocenters. The summed E-state index contributed by atoms with van der Waals surface area (Å²) in [6.07, 6.45) is 5.25. The lowest BCUT2D eigenvalue weighted by atomic mass is 9.71. The van der Waals surface area contributed by atoms with Crippen LogP contribution in [0.15, 0.2) is 17.5 Å². The van der Waals surface area contributed by atoms with Crippen molar-refractivity contribution in [1.29, 1.82) is 0 Å². The summed E-state index contributed by atoms with van der Waals surface area (Å²) < 4.78 is 0. The zero-order valence-electron chi connectivity index (χ0n) is 11.2. The van der Waals surface area contributed by atoms with Crippen molar-refractivity contribution >= 4 is 11.3 Å². The first-order chi connectivity index (χ1) is 8.16. The van der Waals surface area contributed by atoms with Gasteiger partial charge >= 0.3 is 0 Å². The molecule has 1 fully saturated rings. The van der Waals surface area contributed by atoms with Crippen molar-refractivity contribution in [3.05, 3.63) is 22.4 Å². The van der Waals surface area contributed by atoms with Crippen LogP contribution in [-0.2, 0) is 5.41 Å². The summed E-state index contributed by atoms with van der Waals surface area (Å²) in [6.45, 7) is 1.18. The minimum Gasteiger partial charge on any atom is -0.317 e. The van der Waals surface area contributed by atoms with Crippen LogP contribution in [0.5, 0.6) is 0 Å². The molecule has 96 valence electrons. The fourth-order valence-corrected chi connectivity index (χ4v) is 4.11. The lowest BCUT2D eigenvalue weighted by Crippen LogP contribution is -2.43. The third kappa shape index (κ3) is 2.90. The smallest absolute Gasteiger partial charge is 0.0175 e. The summed E-state index contributed by atoms with van der Waals surface area (Å²) in [5.41, 5.74) is 0.408. The molecule has 1 heterocycles. The molecule has 1 aromatic heterocycles. The van der Waals surface area contributed by atoms with Crippen molar-refractivity contribution in [2.75, 3.05) is 27.7 Å². The van der Waals surface area contributed by atoms with Gasteiger partial charge in [0.05, 0.1) is 0 Å². The van der Waals surface area contributed by atoms with Gasteiger partial charge in [0.25, 0.3) is 0 Å². The molecule has 2 nitrogen and oxygen atoms in total.